The molecule has 1 N–H and O–H groups in total. The van der Waals surface area contributed by atoms with Gasteiger partial charge in [-0.05, 0) is 67.3 Å². The highest BCUT2D eigenvalue weighted by Gasteiger charge is 2.44. The molecule has 2 heterocycles. The van der Waals surface area contributed by atoms with Crippen molar-refractivity contribution >= 4 is 38.9 Å². The van der Waals surface area contributed by atoms with Gasteiger partial charge in [0.25, 0.3) is 5.91 Å². The Labute approximate surface area is 241 Å². The van der Waals surface area contributed by atoms with Crippen LogP contribution in [0.15, 0.2) is 78.9 Å². The van der Waals surface area contributed by atoms with Crippen molar-refractivity contribution in [3.8, 4) is 0 Å². The van der Waals surface area contributed by atoms with Crippen molar-refractivity contribution in [3.05, 3.63) is 101 Å². The molecule has 2 aliphatic rings. The number of halogens is 1. The summed E-state index contributed by atoms with van der Waals surface area (Å²) in [5.41, 5.74) is 2.69. The van der Waals surface area contributed by atoms with Gasteiger partial charge < -0.3 is 15.1 Å². The van der Waals surface area contributed by atoms with Crippen LogP contribution in [0.3, 0.4) is 0 Å². The van der Waals surface area contributed by atoms with E-state index >= 15 is 0 Å². The molecular formula is C31H34ClN3O4S. The van der Waals surface area contributed by atoms with E-state index in [0.717, 1.165) is 16.8 Å². The molecule has 1 atom stereocenters. The van der Waals surface area contributed by atoms with E-state index in [1.165, 1.54) is 0 Å². The minimum atomic E-state index is -2.95. The van der Waals surface area contributed by atoms with Crippen LogP contribution in [0.4, 0.5) is 5.69 Å². The molecule has 2 saturated heterocycles. The van der Waals surface area contributed by atoms with E-state index in [1.807, 2.05) is 83.5 Å². The molecule has 0 saturated carbocycles. The summed E-state index contributed by atoms with van der Waals surface area (Å²) >= 11 is 6.04. The quantitative estimate of drug-likeness (QED) is 0.460. The molecule has 0 aliphatic carbocycles. The molecule has 5 rings (SSSR count). The van der Waals surface area contributed by atoms with Crippen LogP contribution in [0.5, 0.6) is 0 Å². The van der Waals surface area contributed by atoms with Crippen molar-refractivity contribution in [3.63, 3.8) is 0 Å². The number of rotatable bonds is 6. The molecule has 2 amide bonds. The lowest BCUT2D eigenvalue weighted by molar-refractivity contribution is -0.129. The molecule has 0 aromatic heterocycles. The summed E-state index contributed by atoms with van der Waals surface area (Å²) < 4.78 is 23.5. The molecule has 2 aliphatic heterocycles. The molecule has 0 radical (unpaired) electrons. The Morgan fingerprint density at radius 2 is 1.45 bits per heavy atom. The second-order valence-corrected chi connectivity index (χ2v) is 13.4. The monoisotopic (exact) mass is 579 g/mol. The van der Waals surface area contributed by atoms with Gasteiger partial charge in [0.15, 0.2) is 9.84 Å². The molecule has 7 nitrogen and oxygen atoms in total. The minimum Gasteiger partial charge on any atom is -0.369 e. The van der Waals surface area contributed by atoms with E-state index in [0.29, 0.717) is 49.6 Å². The first kappa shape index (κ1) is 28.2. The number of sulfone groups is 1. The van der Waals surface area contributed by atoms with Gasteiger partial charge in [-0.1, -0.05) is 54.1 Å². The number of nitrogens with zero attached hydrogens (tertiary/aromatic N) is 2. The maximum absolute atomic E-state index is 13.9. The Morgan fingerprint density at radius 3 is 2.05 bits per heavy atom. The Balaban J connectivity index is 1.27. The zero-order valence-corrected chi connectivity index (χ0v) is 24.1. The number of piperidine rings is 1. The average Bonchev–Trinajstić information content (AvgIpc) is 2.97. The molecular weight excluding hydrogens is 546 g/mol. The van der Waals surface area contributed by atoms with Crippen molar-refractivity contribution in [2.75, 3.05) is 42.6 Å². The lowest BCUT2D eigenvalue weighted by atomic mass is 9.71. The van der Waals surface area contributed by atoms with Crippen LogP contribution < -0.4 is 10.2 Å². The van der Waals surface area contributed by atoms with Gasteiger partial charge >= 0.3 is 0 Å². The maximum Gasteiger partial charge on any atom is 0.253 e. The smallest absolute Gasteiger partial charge is 0.253 e. The Morgan fingerprint density at radius 1 is 0.850 bits per heavy atom. The number of carbonyl (C=O) groups excluding carboxylic acids is 2. The van der Waals surface area contributed by atoms with Gasteiger partial charge in [0.2, 0.25) is 5.91 Å². The summed E-state index contributed by atoms with van der Waals surface area (Å²) in [4.78, 5) is 31.1. The van der Waals surface area contributed by atoms with E-state index < -0.39 is 15.3 Å². The van der Waals surface area contributed by atoms with Gasteiger partial charge in [-0.3, -0.25) is 9.59 Å². The molecule has 9 heteroatoms. The normalized spacial score (nSPS) is 19.1. The lowest BCUT2D eigenvalue weighted by Crippen LogP contribution is -2.53. The Kier molecular flexibility index (Phi) is 8.19. The van der Waals surface area contributed by atoms with E-state index in [4.69, 9.17) is 11.6 Å². The fourth-order valence-corrected chi connectivity index (χ4v) is 6.96. The van der Waals surface area contributed by atoms with Crippen molar-refractivity contribution in [1.82, 2.24) is 10.2 Å². The van der Waals surface area contributed by atoms with Crippen LogP contribution in [0.1, 0.15) is 47.3 Å². The topological polar surface area (TPSA) is 86.8 Å². The molecule has 0 spiro atoms. The van der Waals surface area contributed by atoms with Gasteiger partial charge in [-0.2, -0.15) is 0 Å². The molecule has 210 valence electrons. The number of anilines is 1. The first-order chi connectivity index (χ1) is 19.2. The minimum absolute atomic E-state index is 0.0406. The van der Waals surface area contributed by atoms with Crippen LogP contribution in [0.25, 0.3) is 0 Å². The standard InChI is InChI=1S/C31H34ClN3O4S/c1-23(24-7-11-27(32)12-8-24)33-30(37)31(26-5-3-2-4-6-26)15-17-35(18-16-31)29(36)25-9-13-28(14-10-25)34-19-21-40(38,39)22-20-34/h2-14,23H,15-22H2,1H3,(H,33,37)/t23-/m0/s1. The second-order valence-electron chi connectivity index (χ2n) is 10.7. The molecule has 40 heavy (non-hydrogen) atoms. The summed E-state index contributed by atoms with van der Waals surface area (Å²) in [5.74, 6) is 0.193. The first-order valence-electron chi connectivity index (χ1n) is 13.6. The maximum atomic E-state index is 13.9. The number of likely N-dealkylation sites (tertiary alicyclic amines) is 1. The molecule has 0 unspecified atom stereocenters. The van der Waals surface area contributed by atoms with Crippen LogP contribution >= 0.6 is 11.6 Å². The molecule has 3 aromatic rings. The zero-order chi connectivity index (χ0) is 28.3. The van der Waals surface area contributed by atoms with E-state index in [-0.39, 0.29) is 29.4 Å². The first-order valence-corrected chi connectivity index (χ1v) is 15.8. The van der Waals surface area contributed by atoms with E-state index in [1.54, 1.807) is 12.1 Å². The highest BCUT2D eigenvalue weighted by Crippen LogP contribution is 2.37. The predicted octanol–water partition coefficient (Wildman–Crippen LogP) is 4.63. The summed E-state index contributed by atoms with van der Waals surface area (Å²) in [5, 5.41) is 3.86. The second kappa shape index (κ2) is 11.6. The van der Waals surface area contributed by atoms with Crippen LogP contribution in [0.2, 0.25) is 5.02 Å². The summed E-state index contributed by atoms with van der Waals surface area (Å²) in [7, 11) is -2.95. The average molecular weight is 580 g/mol. The van der Waals surface area contributed by atoms with Gasteiger partial charge in [-0.25, -0.2) is 8.42 Å². The fourth-order valence-electron chi connectivity index (χ4n) is 5.63. The van der Waals surface area contributed by atoms with Gasteiger partial charge in [0.05, 0.1) is 23.0 Å². The van der Waals surface area contributed by atoms with Crippen LogP contribution in [0, 0.1) is 0 Å². The third-order valence-corrected chi connectivity index (χ3v) is 10.1. The van der Waals surface area contributed by atoms with Crippen molar-refractivity contribution in [1.29, 1.82) is 0 Å². The molecule has 3 aromatic carbocycles. The van der Waals surface area contributed by atoms with Crippen molar-refractivity contribution in [2.24, 2.45) is 0 Å². The van der Waals surface area contributed by atoms with Gasteiger partial charge in [0, 0.05) is 42.5 Å². The third kappa shape index (κ3) is 6.03. The van der Waals surface area contributed by atoms with Crippen LogP contribution in [-0.4, -0.2) is 62.8 Å². The summed E-state index contributed by atoms with van der Waals surface area (Å²) in [6.07, 6.45) is 1.03. The summed E-state index contributed by atoms with van der Waals surface area (Å²) in [6, 6.07) is 24.5. The molecule has 2 fully saturated rings. The van der Waals surface area contributed by atoms with E-state index in [9.17, 15) is 18.0 Å². The van der Waals surface area contributed by atoms with Crippen molar-refractivity contribution in [2.45, 2.75) is 31.2 Å². The Hall–Kier alpha value is -3.36. The number of amides is 2. The number of hydrogen-bond donors (Lipinski definition) is 1. The SMILES string of the molecule is C[C@H](NC(=O)C1(c2ccccc2)CCN(C(=O)c2ccc(N3CCS(=O)(=O)CC3)cc2)CC1)c1ccc(Cl)cc1. The number of benzene rings is 3. The molecule has 0 bridgehead atoms. The number of carbonyl (C=O) groups is 2. The van der Waals surface area contributed by atoms with Crippen LogP contribution in [-0.2, 0) is 20.0 Å². The Bertz CT molecular complexity index is 1440. The lowest BCUT2D eigenvalue weighted by Gasteiger charge is -2.41. The zero-order valence-electron chi connectivity index (χ0n) is 22.6. The fraction of sp³-hybridized carbons (Fsp3) is 0.355. The highest BCUT2D eigenvalue weighted by molar-refractivity contribution is 7.91. The predicted molar refractivity (Wildman–Crippen MR) is 159 cm³/mol. The van der Waals surface area contributed by atoms with E-state index in [2.05, 4.69) is 5.32 Å². The highest BCUT2D eigenvalue weighted by atomic mass is 35.5. The van der Waals surface area contributed by atoms with Crippen molar-refractivity contribution < 1.29 is 18.0 Å². The van der Waals surface area contributed by atoms with Gasteiger partial charge in [-0.15, -0.1) is 0 Å². The largest absolute Gasteiger partial charge is 0.369 e. The third-order valence-electron chi connectivity index (χ3n) is 8.21. The van der Waals surface area contributed by atoms with Gasteiger partial charge in [0.1, 0.15) is 0 Å². The summed E-state index contributed by atoms with van der Waals surface area (Å²) in [6.45, 7) is 3.80. The number of nitrogens with one attached hydrogen (secondary N) is 1. The number of hydrogen-bond acceptors (Lipinski definition) is 5.